The van der Waals surface area contributed by atoms with E-state index in [1.807, 2.05) is 50.2 Å². The highest BCUT2D eigenvalue weighted by molar-refractivity contribution is 6.06. The molecule has 1 aromatic heterocycles. The Morgan fingerprint density at radius 3 is 2.43 bits per heavy atom. The van der Waals surface area contributed by atoms with Gasteiger partial charge in [-0.15, -0.1) is 0 Å². The van der Waals surface area contributed by atoms with Crippen molar-refractivity contribution >= 4 is 16.9 Å². The Morgan fingerprint density at radius 2 is 1.74 bits per heavy atom. The summed E-state index contributed by atoms with van der Waals surface area (Å²) >= 11 is 0. The van der Waals surface area contributed by atoms with Crippen LogP contribution in [0.2, 0.25) is 0 Å². The average Bonchev–Trinajstić information content (AvgIpc) is 2.55. The Kier molecular flexibility index (Phi) is 4.11. The molecule has 3 rings (SSSR count). The fourth-order valence-corrected chi connectivity index (χ4v) is 2.77. The van der Waals surface area contributed by atoms with Crippen LogP contribution in [0.25, 0.3) is 22.2 Å². The van der Waals surface area contributed by atoms with E-state index in [4.69, 9.17) is 9.72 Å². The van der Waals surface area contributed by atoms with Gasteiger partial charge in [-0.25, -0.2) is 9.78 Å². The lowest BCUT2D eigenvalue weighted by Crippen LogP contribution is -2.09. The van der Waals surface area contributed by atoms with Crippen LogP contribution in [-0.4, -0.2) is 17.6 Å². The molecule has 0 atom stereocenters. The van der Waals surface area contributed by atoms with Gasteiger partial charge in [0.25, 0.3) is 0 Å². The Bertz CT molecular complexity index is 867. The predicted octanol–water partition coefficient (Wildman–Crippen LogP) is 4.70. The number of nitrogens with zero attached hydrogens (tertiary/aromatic N) is 1. The lowest BCUT2D eigenvalue weighted by Gasteiger charge is -2.14. The van der Waals surface area contributed by atoms with Crippen molar-refractivity contribution in [2.75, 3.05) is 6.61 Å². The van der Waals surface area contributed by atoms with Crippen LogP contribution in [0.1, 0.15) is 28.4 Å². The number of hydrogen-bond donors (Lipinski definition) is 0. The summed E-state index contributed by atoms with van der Waals surface area (Å²) in [5.41, 5.74) is 5.28. The highest BCUT2D eigenvalue weighted by Gasteiger charge is 2.19. The molecular formula is C20H19NO2. The molecule has 3 aromatic rings. The monoisotopic (exact) mass is 305 g/mol. The SMILES string of the molecule is CCOC(=O)c1c(C)c(-c2ccc(C)cc2)nc2ccccc12. The summed E-state index contributed by atoms with van der Waals surface area (Å²) in [6.45, 7) is 6.15. The molecule has 0 saturated carbocycles. The summed E-state index contributed by atoms with van der Waals surface area (Å²) in [6.07, 6.45) is 0. The molecule has 0 radical (unpaired) electrons. The number of carbonyl (C=O) groups is 1. The molecule has 0 fully saturated rings. The van der Waals surface area contributed by atoms with E-state index in [2.05, 4.69) is 19.1 Å². The maximum absolute atomic E-state index is 12.5. The second kappa shape index (κ2) is 6.21. The third-order valence-corrected chi connectivity index (χ3v) is 3.94. The molecule has 116 valence electrons. The van der Waals surface area contributed by atoms with Crippen LogP contribution in [0.3, 0.4) is 0 Å². The third-order valence-electron chi connectivity index (χ3n) is 3.94. The Balaban J connectivity index is 2.29. The van der Waals surface area contributed by atoms with Crippen molar-refractivity contribution in [2.24, 2.45) is 0 Å². The molecule has 2 aromatic carbocycles. The zero-order chi connectivity index (χ0) is 16.4. The van der Waals surface area contributed by atoms with E-state index in [-0.39, 0.29) is 5.97 Å². The molecule has 0 bridgehead atoms. The van der Waals surface area contributed by atoms with Crippen LogP contribution < -0.4 is 0 Å². The average molecular weight is 305 g/mol. The molecule has 0 spiro atoms. The van der Waals surface area contributed by atoms with E-state index < -0.39 is 0 Å². The van der Waals surface area contributed by atoms with Gasteiger partial charge in [-0.05, 0) is 32.4 Å². The second-order valence-corrected chi connectivity index (χ2v) is 5.56. The highest BCUT2D eigenvalue weighted by Crippen LogP contribution is 2.30. The lowest BCUT2D eigenvalue weighted by atomic mass is 9.97. The van der Waals surface area contributed by atoms with Crippen LogP contribution in [-0.2, 0) is 4.74 Å². The van der Waals surface area contributed by atoms with Crippen LogP contribution in [0.4, 0.5) is 0 Å². The van der Waals surface area contributed by atoms with Gasteiger partial charge in [0.05, 0.1) is 23.4 Å². The number of fused-ring (bicyclic) bond motifs is 1. The maximum atomic E-state index is 12.5. The number of aryl methyl sites for hydroxylation is 1. The normalized spacial score (nSPS) is 10.7. The minimum atomic E-state index is -0.294. The molecule has 0 unspecified atom stereocenters. The van der Waals surface area contributed by atoms with Gasteiger partial charge < -0.3 is 4.74 Å². The summed E-state index contributed by atoms with van der Waals surface area (Å²) < 4.78 is 5.26. The van der Waals surface area contributed by atoms with Crippen LogP contribution >= 0.6 is 0 Å². The quantitative estimate of drug-likeness (QED) is 0.659. The number of ether oxygens (including phenoxy) is 1. The topological polar surface area (TPSA) is 39.2 Å². The van der Waals surface area contributed by atoms with Crippen molar-refractivity contribution in [3.05, 3.63) is 65.2 Å². The highest BCUT2D eigenvalue weighted by atomic mass is 16.5. The molecule has 0 aliphatic carbocycles. The number of benzene rings is 2. The number of esters is 1. The molecule has 1 heterocycles. The molecule has 0 aliphatic rings. The first-order chi connectivity index (χ1) is 11.1. The van der Waals surface area contributed by atoms with E-state index in [0.717, 1.165) is 27.7 Å². The zero-order valence-electron chi connectivity index (χ0n) is 13.6. The van der Waals surface area contributed by atoms with E-state index in [0.29, 0.717) is 12.2 Å². The molecule has 3 nitrogen and oxygen atoms in total. The van der Waals surface area contributed by atoms with Crippen LogP contribution in [0.15, 0.2) is 48.5 Å². The number of rotatable bonds is 3. The number of carbonyl (C=O) groups excluding carboxylic acids is 1. The Labute approximate surface area is 135 Å². The van der Waals surface area contributed by atoms with Crippen molar-refractivity contribution in [3.63, 3.8) is 0 Å². The summed E-state index contributed by atoms with van der Waals surface area (Å²) in [4.78, 5) is 17.2. The van der Waals surface area contributed by atoms with Gasteiger partial charge >= 0.3 is 5.97 Å². The zero-order valence-corrected chi connectivity index (χ0v) is 13.6. The molecule has 0 N–H and O–H groups in total. The second-order valence-electron chi connectivity index (χ2n) is 5.56. The van der Waals surface area contributed by atoms with E-state index >= 15 is 0 Å². The predicted molar refractivity (Wildman–Crippen MR) is 92.6 cm³/mol. The first-order valence-corrected chi connectivity index (χ1v) is 7.75. The Morgan fingerprint density at radius 1 is 1.04 bits per heavy atom. The summed E-state index contributed by atoms with van der Waals surface area (Å²) in [6, 6.07) is 15.9. The number of hydrogen-bond acceptors (Lipinski definition) is 3. The van der Waals surface area contributed by atoms with Crippen molar-refractivity contribution in [2.45, 2.75) is 20.8 Å². The fourth-order valence-electron chi connectivity index (χ4n) is 2.77. The first-order valence-electron chi connectivity index (χ1n) is 7.75. The third kappa shape index (κ3) is 2.82. The van der Waals surface area contributed by atoms with Gasteiger partial charge in [0, 0.05) is 10.9 Å². The molecular weight excluding hydrogens is 286 g/mol. The summed E-state index contributed by atoms with van der Waals surface area (Å²) in [5.74, 6) is -0.294. The summed E-state index contributed by atoms with van der Waals surface area (Å²) in [5, 5.41) is 0.833. The van der Waals surface area contributed by atoms with Gasteiger partial charge in [0.2, 0.25) is 0 Å². The van der Waals surface area contributed by atoms with E-state index in [9.17, 15) is 4.79 Å². The van der Waals surface area contributed by atoms with Crippen molar-refractivity contribution in [1.29, 1.82) is 0 Å². The van der Waals surface area contributed by atoms with E-state index in [1.165, 1.54) is 5.56 Å². The number of para-hydroxylation sites is 1. The van der Waals surface area contributed by atoms with Crippen molar-refractivity contribution in [1.82, 2.24) is 4.98 Å². The van der Waals surface area contributed by atoms with Crippen molar-refractivity contribution in [3.8, 4) is 11.3 Å². The van der Waals surface area contributed by atoms with Gasteiger partial charge in [0.15, 0.2) is 0 Å². The van der Waals surface area contributed by atoms with Gasteiger partial charge in [-0.1, -0.05) is 48.0 Å². The molecule has 0 aliphatic heterocycles. The maximum Gasteiger partial charge on any atom is 0.339 e. The minimum Gasteiger partial charge on any atom is -0.462 e. The standard InChI is InChI=1S/C20H19NO2/c1-4-23-20(22)18-14(3)19(15-11-9-13(2)10-12-15)21-17-8-6-5-7-16(17)18/h5-12H,4H2,1-3H3. The molecule has 23 heavy (non-hydrogen) atoms. The Hall–Kier alpha value is -2.68. The van der Waals surface area contributed by atoms with Crippen LogP contribution in [0, 0.1) is 13.8 Å². The van der Waals surface area contributed by atoms with E-state index in [1.54, 1.807) is 0 Å². The van der Waals surface area contributed by atoms with Crippen molar-refractivity contribution < 1.29 is 9.53 Å². The van der Waals surface area contributed by atoms with Gasteiger partial charge in [-0.3, -0.25) is 0 Å². The number of aromatic nitrogens is 1. The number of pyridine rings is 1. The van der Waals surface area contributed by atoms with Gasteiger partial charge in [0.1, 0.15) is 0 Å². The smallest absolute Gasteiger partial charge is 0.339 e. The molecule has 3 heteroatoms. The van der Waals surface area contributed by atoms with Crippen LogP contribution in [0.5, 0.6) is 0 Å². The summed E-state index contributed by atoms with van der Waals surface area (Å²) in [7, 11) is 0. The van der Waals surface area contributed by atoms with Gasteiger partial charge in [-0.2, -0.15) is 0 Å². The fraction of sp³-hybridized carbons (Fsp3) is 0.200. The first kappa shape index (κ1) is 15.2. The molecule has 0 amide bonds. The minimum absolute atomic E-state index is 0.294. The lowest BCUT2D eigenvalue weighted by molar-refractivity contribution is 0.0528. The molecule has 0 saturated heterocycles. The largest absolute Gasteiger partial charge is 0.462 e.